The average molecular weight is 407 g/mol. The Labute approximate surface area is 124 Å². The van der Waals surface area contributed by atoms with Crippen LogP contribution in [0.25, 0.3) is 0 Å². The summed E-state index contributed by atoms with van der Waals surface area (Å²) < 4.78 is 114. The van der Waals surface area contributed by atoms with E-state index in [4.69, 9.17) is 0 Å². The molecule has 11 heteroatoms. The Morgan fingerprint density at radius 3 is 1.52 bits per heavy atom. The summed E-state index contributed by atoms with van der Waals surface area (Å²) in [4.78, 5) is -0.596. The molecular formula is C10H4BrF9S. The van der Waals surface area contributed by atoms with Gasteiger partial charge in [-0.3, -0.25) is 0 Å². The highest BCUT2D eigenvalue weighted by atomic mass is 79.9. The first-order valence-electron chi connectivity index (χ1n) is 4.87. The molecule has 0 fully saturated rings. The van der Waals surface area contributed by atoms with Gasteiger partial charge in [0.15, 0.2) is 0 Å². The quantitative estimate of drug-likeness (QED) is 0.438. The van der Waals surface area contributed by atoms with Gasteiger partial charge in [0.2, 0.25) is 0 Å². The van der Waals surface area contributed by atoms with Crippen LogP contribution in [0.2, 0.25) is 0 Å². The van der Waals surface area contributed by atoms with E-state index in [0.717, 1.165) is 24.3 Å². The predicted octanol–water partition coefficient (Wildman–Crippen LogP) is 5.97. The standard InChI is InChI=1S/C10H4BrF9S/c11-5-1-3-6(4-2-5)21-10(19,20)8(14,15)7(12,13)9(16,17)18/h1-4H. The summed E-state index contributed by atoms with van der Waals surface area (Å²) >= 11 is 1.83. The Kier molecular flexibility index (Phi) is 4.89. The van der Waals surface area contributed by atoms with Crippen molar-refractivity contribution in [2.45, 2.75) is 28.2 Å². The SMILES string of the molecule is FC(F)(F)C(F)(F)C(F)(F)C(F)(F)Sc1ccc(Br)cc1. The van der Waals surface area contributed by atoms with Gasteiger partial charge in [-0.25, -0.2) is 0 Å². The first kappa shape index (κ1) is 18.5. The van der Waals surface area contributed by atoms with Crippen molar-refractivity contribution in [2.75, 3.05) is 0 Å². The molecule has 0 unspecified atom stereocenters. The number of hydrogen-bond acceptors (Lipinski definition) is 1. The molecule has 0 nitrogen and oxygen atoms in total. The summed E-state index contributed by atoms with van der Waals surface area (Å²) in [7, 11) is 0. The summed E-state index contributed by atoms with van der Waals surface area (Å²) in [5, 5.41) is -5.67. The molecule has 0 aromatic heterocycles. The lowest BCUT2D eigenvalue weighted by Crippen LogP contribution is -2.59. The molecule has 0 spiro atoms. The number of alkyl halides is 9. The molecule has 0 amide bonds. The van der Waals surface area contributed by atoms with Crippen LogP contribution in [-0.2, 0) is 0 Å². The van der Waals surface area contributed by atoms with Crippen LogP contribution in [0.15, 0.2) is 33.6 Å². The van der Waals surface area contributed by atoms with Crippen molar-refractivity contribution in [3.05, 3.63) is 28.7 Å². The maximum atomic E-state index is 13.2. The first-order valence-corrected chi connectivity index (χ1v) is 6.48. The second kappa shape index (κ2) is 5.56. The first-order chi connectivity index (χ1) is 9.22. The second-order valence-corrected chi connectivity index (χ2v) is 5.82. The summed E-state index contributed by atoms with van der Waals surface area (Å²) in [6.45, 7) is 0. The van der Waals surface area contributed by atoms with E-state index in [1.807, 2.05) is 0 Å². The molecule has 0 radical (unpaired) electrons. The highest BCUT2D eigenvalue weighted by molar-refractivity contribution is 9.10. The monoisotopic (exact) mass is 406 g/mol. The molecule has 0 saturated heterocycles. The molecule has 120 valence electrons. The maximum Gasteiger partial charge on any atom is 0.460 e. The van der Waals surface area contributed by atoms with Crippen molar-refractivity contribution < 1.29 is 39.5 Å². The minimum absolute atomic E-state index is 0.377. The van der Waals surface area contributed by atoms with Gasteiger partial charge in [-0.1, -0.05) is 15.9 Å². The molecule has 1 rings (SSSR count). The van der Waals surface area contributed by atoms with E-state index in [-0.39, 0.29) is 0 Å². The number of rotatable bonds is 4. The van der Waals surface area contributed by atoms with Crippen LogP contribution in [0.1, 0.15) is 0 Å². The molecular weight excluding hydrogens is 403 g/mol. The molecule has 1 aromatic carbocycles. The van der Waals surface area contributed by atoms with E-state index in [9.17, 15) is 39.5 Å². The molecule has 0 N–H and O–H groups in total. The molecule has 21 heavy (non-hydrogen) atoms. The fraction of sp³-hybridized carbons (Fsp3) is 0.400. The van der Waals surface area contributed by atoms with Gasteiger partial charge in [-0.15, -0.1) is 0 Å². The lowest BCUT2D eigenvalue weighted by Gasteiger charge is -2.33. The number of hydrogen-bond donors (Lipinski definition) is 0. The third-order valence-electron chi connectivity index (χ3n) is 2.18. The van der Waals surface area contributed by atoms with Crippen LogP contribution >= 0.6 is 27.7 Å². The summed E-state index contributed by atoms with van der Waals surface area (Å²) in [5.74, 6) is -13.5. The lowest BCUT2D eigenvalue weighted by atomic mass is 10.1. The number of thioether (sulfide) groups is 1. The van der Waals surface area contributed by atoms with Crippen molar-refractivity contribution in [1.29, 1.82) is 0 Å². The van der Waals surface area contributed by atoms with Gasteiger partial charge in [0, 0.05) is 9.37 Å². The molecule has 0 aliphatic carbocycles. The van der Waals surface area contributed by atoms with Gasteiger partial charge in [0.25, 0.3) is 0 Å². The van der Waals surface area contributed by atoms with E-state index in [1.54, 1.807) is 0 Å². The third-order valence-corrected chi connectivity index (χ3v) is 3.72. The predicted molar refractivity (Wildman–Crippen MR) is 60.9 cm³/mol. The third kappa shape index (κ3) is 3.43. The van der Waals surface area contributed by atoms with Gasteiger partial charge >= 0.3 is 23.3 Å². The van der Waals surface area contributed by atoms with E-state index >= 15 is 0 Å². The topological polar surface area (TPSA) is 0 Å². The maximum absolute atomic E-state index is 13.2. The minimum Gasteiger partial charge on any atom is -0.191 e. The van der Waals surface area contributed by atoms with E-state index in [0.29, 0.717) is 4.47 Å². The van der Waals surface area contributed by atoms with E-state index in [2.05, 4.69) is 15.9 Å². The van der Waals surface area contributed by atoms with Gasteiger partial charge in [0.1, 0.15) is 0 Å². The zero-order chi connectivity index (χ0) is 16.7. The van der Waals surface area contributed by atoms with Crippen LogP contribution < -0.4 is 0 Å². The molecule has 0 atom stereocenters. The molecule has 0 bridgehead atoms. The normalized spacial score (nSPS) is 14.4. The van der Waals surface area contributed by atoms with E-state index in [1.165, 1.54) is 0 Å². The summed E-state index contributed by atoms with van der Waals surface area (Å²) in [5.41, 5.74) is 0. The summed E-state index contributed by atoms with van der Waals surface area (Å²) in [6, 6.07) is 4.01. The second-order valence-electron chi connectivity index (χ2n) is 3.72. The minimum atomic E-state index is -6.87. The van der Waals surface area contributed by atoms with Crippen molar-refractivity contribution in [3.8, 4) is 0 Å². The Hall–Kier alpha value is -0.580. The smallest absolute Gasteiger partial charge is 0.191 e. The molecule has 1 aromatic rings. The zero-order valence-electron chi connectivity index (χ0n) is 9.50. The van der Waals surface area contributed by atoms with Crippen molar-refractivity contribution in [2.24, 2.45) is 0 Å². The van der Waals surface area contributed by atoms with Crippen molar-refractivity contribution >= 4 is 27.7 Å². The highest BCUT2D eigenvalue weighted by Gasteiger charge is 2.82. The van der Waals surface area contributed by atoms with Crippen molar-refractivity contribution in [3.63, 3.8) is 0 Å². The van der Waals surface area contributed by atoms with Crippen molar-refractivity contribution in [1.82, 2.24) is 0 Å². The van der Waals surface area contributed by atoms with E-state index < -0.39 is 39.9 Å². The Morgan fingerprint density at radius 1 is 0.714 bits per heavy atom. The molecule has 0 aliphatic rings. The average Bonchev–Trinajstić information content (AvgIpc) is 2.30. The van der Waals surface area contributed by atoms with Gasteiger partial charge in [-0.05, 0) is 36.0 Å². The Bertz CT molecular complexity index is 494. The zero-order valence-corrected chi connectivity index (χ0v) is 11.9. The van der Waals surface area contributed by atoms with Crippen LogP contribution in [0.4, 0.5) is 39.5 Å². The van der Waals surface area contributed by atoms with Crippen LogP contribution in [0.5, 0.6) is 0 Å². The fourth-order valence-electron chi connectivity index (χ4n) is 1.08. The molecule has 0 heterocycles. The Morgan fingerprint density at radius 2 is 1.14 bits per heavy atom. The van der Waals surface area contributed by atoms with Crippen LogP contribution in [-0.4, -0.2) is 23.3 Å². The van der Waals surface area contributed by atoms with Gasteiger partial charge < -0.3 is 0 Å². The summed E-state index contributed by atoms with van der Waals surface area (Å²) in [6.07, 6.45) is -6.81. The highest BCUT2D eigenvalue weighted by Crippen LogP contribution is 2.57. The van der Waals surface area contributed by atoms with Crippen LogP contribution in [0.3, 0.4) is 0 Å². The van der Waals surface area contributed by atoms with Gasteiger partial charge in [0.05, 0.1) is 0 Å². The Balaban J connectivity index is 3.12. The molecule has 0 saturated carbocycles. The largest absolute Gasteiger partial charge is 0.460 e. The lowest BCUT2D eigenvalue weighted by molar-refractivity contribution is -0.381. The number of benzene rings is 1. The van der Waals surface area contributed by atoms with Crippen LogP contribution in [0, 0.1) is 0 Å². The molecule has 0 aliphatic heterocycles. The van der Waals surface area contributed by atoms with Gasteiger partial charge in [-0.2, -0.15) is 39.5 Å². The fourth-order valence-corrected chi connectivity index (χ4v) is 2.16. The number of halogens is 10.